The lowest BCUT2D eigenvalue weighted by atomic mass is 10.1. The van der Waals surface area contributed by atoms with E-state index in [-0.39, 0.29) is 5.97 Å². The lowest BCUT2D eigenvalue weighted by Gasteiger charge is -2.08. The molecular weight excluding hydrogens is 264 g/mol. The molecule has 3 rings (SSSR count). The molecule has 4 heteroatoms. The van der Waals surface area contributed by atoms with Gasteiger partial charge in [0.05, 0.1) is 12.7 Å². The number of carbonyl (C=O) groups is 1. The molecule has 0 saturated heterocycles. The van der Waals surface area contributed by atoms with Crippen LogP contribution in [-0.4, -0.2) is 18.1 Å². The maximum Gasteiger partial charge on any atom is 0.337 e. The Hall–Kier alpha value is -2.75. The van der Waals surface area contributed by atoms with Gasteiger partial charge in [-0.1, -0.05) is 12.1 Å². The third-order valence-electron chi connectivity index (χ3n) is 3.40. The van der Waals surface area contributed by atoms with Crippen molar-refractivity contribution in [3.63, 3.8) is 0 Å². The molecular formula is C17H16N2O2. The molecule has 0 bridgehead atoms. The average Bonchev–Trinajstić information content (AvgIpc) is 3.00. The predicted octanol–water partition coefficient (Wildman–Crippen LogP) is 3.57. The van der Waals surface area contributed by atoms with Gasteiger partial charge in [0.25, 0.3) is 0 Å². The summed E-state index contributed by atoms with van der Waals surface area (Å²) in [6, 6.07) is 15.6. The number of rotatable bonds is 4. The first-order valence-electron chi connectivity index (χ1n) is 6.74. The molecule has 0 atom stereocenters. The van der Waals surface area contributed by atoms with Crippen LogP contribution in [0.1, 0.15) is 15.9 Å². The summed E-state index contributed by atoms with van der Waals surface area (Å²) in [5.41, 5.74) is 3.76. The molecule has 1 aromatic heterocycles. The first-order chi connectivity index (χ1) is 10.3. The molecule has 0 aliphatic carbocycles. The van der Waals surface area contributed by atoms with Crippen LogP contribution in [0.15, 0.2) is 54.7 Å². The molecule has 21 heavy (non-hydrogen) atoms. The minimum absolute atomic E-state index is 0.326. The van der Waals surface area contributed by atoms with Crippen LogP contribution in [0.25, 0.3) is 10.9 Å². The number of H-pyrrole nitrogens is 1. The number of ether oxygens (including phenoxy) is 1. The van der Waals surface area contributed by atoms with Gasteiger partial charge in [-0.3, -0.25) is 0 Å². The zero-order chi connectivity index (χ0) is 14.7. The van der Waals surface area contributed by atoms with Crippen LogP contribution in [0, 0.1) is 0 Å². The molecule has 0 saturated carbocycles. The summed E-state index contributed by atoms with van der Waals surface area (Å²) >= 11 is 0. The van der Waals surface area contributed by atoms with Gasteiger partial charge in [0.15, 0.2) is 0 Å². The molecule has 0 fully saturated rings. The number of benzene rings is 2. The molecule has 1 heterocycles. The van der Waals surface area contributed by atoms with Gasteiger partial charge < -0.3 is 15.0 Å². The van der Waals surface area contributed by atoms with Crippen molar-refractivity contribution in [1.29, 1.82) is 0 Å². The van der Waals surface area contributed by atoms with Gasteiger partial charge in [-0.05, 0) is 47.3 Å². The van der Waals surface area contributed by atoms with Gasteiger partial charge >= 0.3 is 5.97 Å². The van der Waals surface area contributed by atoms with Gasteiger partial charge in [0.2, 0.25) is 0 Å². The summed E-state index contributed by atoms with van der Waals surface area (Å²) in [5, 5.41) is 4.51. The fourth-order valence-electron chi connectivity index (χ4n) is 2.29. The van der Waals surface area contributed by atoms with Gasteiger partial charge in [-0.15, -0.1) is 0 Å². The second-order valence-electron chi connectivity index (χ2n) is 4.83. The second kappa shape index (κ2) is 5.71. The van der Waals surface area contributed by atoms with E-state index in [1.165, 1.54) is 18.1 Å². The highest BCUT2D eigenvalue weighted by molar-refractivity contribution is 5.90. The summed E-state index contributed by atoms with van der Waals surface area (Å²) in [6.45, 7) is 0.700. The average molecular weight is 280 g/mol. The lowest BCUT2D eigenvalue weighted by Crippen LogP contribution is -2.03. The Morgan fingerprint density at radius 1 is 1.19 bits per heavy atom. The number of hydrogen-bond acceptors (Lipinski definition) is 3. The minimum atomic E-state index is -0.326. The molecule has 2 aromatic carbocycles. The Labute approximate surface area is 122 Å². The molecule has 0 aliphatic rings. The summed E-state index contributed by atoms with van der Waals surface area (Å²) < 4.78 is 4.72. The maximum absolute atomic E-state index is 11.5. The van der Waals surface area contributed by atoms with Crippen LogP contribution in [0.5, 0.6) is 0 Å². The maximum atomic E-state index is 11.5. The highest BCUT2D eigenvalue weighted by Crippen LogP contribution is 2.17. The summed E-state index contributed by atoms with van der Waals surface area (Å²) in [6.07, 6.45) is 1.93. The number of carbonyl (C=O) groups excluding carboxylic acids is 1. The van der Waals surface area contributed by atoms with Crippen LogP contribution in [0.3, 0.4) is 0 Å². The van der Waals surface area contributed by atoms with Crippen LogP contribution >= 0.6 is 0 Å². The van der Waals surface area contributed by atoms with Crippen molar-refractivity contribution in [2.24, 2.45) is 0 Å². The van der Waals surface area contributed by atoms with Crippen molar-refractivity contribution in [1.82, 2.24) is 4.98 Å². The van der Waals surface area contributed by atoms with E-state index >= 15 is 0 Å². The molecule has 3 aromatic rings. The first-order valence-corrected chi connectivity index (χ1v) is 6.74. The Kier molecular flexibility index (Phi) is 3.60. The lowest BCUT2D eigenvalue weighted by molar-refractivity contribution is 0.0601. The predicted molar refractivity (Wildman–Crippen MR) is 83.4 cm³/mol. The quantitative estimate of drug-likeness (QED) is 0.718. The topological polar surface area (TPSA) is 54.1 Å². The largest absolute Gasteiger partial charge is 0.465 e. The van der Waals surface area contributed by atoms with E-state index < -0.39 is 0 Å². The van der Waals surface area contributed by atoms with Gasteiger partial charge in [-0.25, -0.2) is 4.79 Å². The van der Waals surface area contributed by atoms with Crippen molar-refractivity contribution < 1.29 is 9.53 Å². The number of aromatic amines is 1. The van der Waals surface area contributed by atoms with E-state index in [9.17, 15) is 4.79 Å². The Balaban J connectivity index is 1.73. The highest BCUT2D eigenvalue weighted by atomic mass is 16.5. The fourth-order valence-corrected chi connectivity index (χ4v) is 2.29. The van der Waals surface area contributed by atoms with Gasteiger partial charge in [0, 0.05) is 23.9 Å². The van der Waals surface area contributed by atoms with Crippen molar-refractivity contribution >= 4 is 22.6 Å². The van der Waals surface area contributed by atoms with Crippen molar-refractivity contribution in [2.75, 3.05) is 12.4 Å². The fraction of sp³-hybridized carbons (Fsp3) is 0.118. The van der Waals surface area contributed by atoms with Gasteiger partial charge in [-0.2, -0.15) is 0 Å². The smallest absolute Gasteiger partial charge is 0.337 e. The molecule has 0 radical (unpaired) electrons. The van der Waals surface area contributed by atoms with Crippen LogP contribution in [-0.2, 0) is 11.3 Å². The first kappa shape index (κ1) is 13.2. The van der Waals surface area contributed by atoms with Crippen molar-refractivity contribution in [3.8, 4) is 0 Å². The SMILES string of the molecule is COC(=O)c1cccc(NCc2ccc3[nH]ccc3c2)c1. The van der Waals surface area contributed by atoms with Crippen molar-refractivity contribution in [2.45, 2.75) is 6.54 Å². The molecule has 0 spiro atoms. The number of aromatic nitrogens is 1. The zero-order valence-electron chi connectivity index (χ0n) is 11.7. The number of anilines is 1. The van der Waals surface area contributed by atoms with Crippen LogP contribution in [0.4, 0.5) is 5.69 Å². The van der Waals surface area contributed by atoms with Crippen LogP contribution in [0.2, 0.25) is 0 Å². The van der Waals surface area contributed by atoms with Crippen LogP contribution < -0.4 is 5.32 Å². The number of nitrogens with one attached hydrogen (secondary N) is 2. The normalized spacial score (nSPS) is 10.5. The number of hydrogen-bond donors (Lipinski definition) is 2. The molecule has 106 valence electrons. The van der Waals surface area contributed by atoms with E-state index in [1.54, 1.807) is 12.1 Å². The second-order valence-corrected chi connectivity index (χ2v) is 4.83. The van der Waals surface area contributed by atoms with E-state index in [4.69, 9.17) is 4.74 Å². The molecule has 4 nitrogen and oxygen atoms in total. The number of fused-ring (bicyclic) bond motifs is 1. The Morgan fingerprint density at radius 3 is 2.95 bits per heavy atom. The Bertz CT molecular complexity index is 777. The van der Waals surface area contributed by atoms with E-state index in [2.05, 4.69) is 34.6 Å². The minimum Gasteiger partial charge on any atom is -0.465 e. The molecule has 2 N–H and O–H groups in total. The summed E-state index contributed by atoms with van der Waals surface area (Å²) in [5.74, 6) is -0.326. The molecule has 0 amide bonds. The van der Waals surface area contributed by atoms with E-state index in [0.29, 0.717) is 12.1 Å². The highest BCUT2D eigenvalue weighted by Gasteiger charge is 2.05. The standard InChI is InChI=1S/C17H16N2O2/c1-21-17(20)14-3-2-4-15(10-14)19-11-12-5-6-16-13(9-12)7-8-18-16/h2-10,18-19H,11H2,1H3. The molecule has 0 aliphatic heterocycles. The number of methoxy groups -OCH3 is 1. The van der Waals surface area contributed by atoms with E-state index in [1.807, 2.05) is 18.3 Å². The third kappa shape index (κ3) is 2.89. The number of esters is 1. The Morgan fingerprint density at radius 2 is 2.10 bits per heavy atom. The van der Waals surface area contributed by atoms with Crippen molar-refractivity contribution in [3.05, 3.63) is 65.9 Å². The third-order valence-corrected chi connectivity index (χ3v) is 3.40. The van der Waals surface area contributed by atoms with E-state index in [0.717, 1.165) is 11.2 Å². The zero-order valence-corrected chi connectivity index (χ0v) is 11.7. The summed E-state index contributed by atoms with van der Waals surface area (Å²) in [7, 11) is 1.38. The van der Waals surface area contributed by atoms with Gasteiger partial charge in [0.1, 0.15) is 0 Å². The summed E-state index contributed by atoms with van der Waals surface area (Å²) in [4.78, 5) is 14.7. The monoisotopic (exact) mass is 280 g/mol. The molecule has 0 unspecified atom stereocenters.